The summed E-state index contributed by atoms with van der Waals surface area (Å²) in [5.74, 6) is 0. The molecule has 1 fully saturated rings. The summed E-state index contributed by atoms with van der Waals surface area (Å²) in [7, 11) is 0. The van der Waals surface area contributed by atoms with Crippen LogP contribution in [-0.2, 0) is 5.41 Å². The molecule has 4 N–H and O–H groups in total. The fourth-order valence-electron chi connectivity index (χ4n) is 1.90. The van der Waals surface area contributed by atoms with Crippen molar-refractivity contribution < 1.29 is 10.2 Å². The Morgan fingerprint density at radius 1 is 1.40 bits per heavy atom. The van der Waals surface area contributed by atoms with E-state index < -0.39 is 6.10 Å². The smallest absolute Gasteiger partial charge is 0.0912 e. The summed E-state index contributed by atoms with van der Waals surface area (Å²) in [4.78, 5) is 0. The van der Waals surface area contributed by atoms with E-state index in [9.17, 15) is 10.2 Å². The second-order valence-corrected chi connectivity index (χ2v) is 4.32. The minimum Gasteiger partial charge on any atom is -0.395 e. The zero-order valence-electron chi connectivity index (χ0n) is 8.69. The summed E-state index contributed by atoms with van der Waals surface area (Å²) in [5, 5.41) is 18.9. The van der Waals surface area contributed by atoms with Crippen molar-refractivity contribution in [2.24, 2.45) is 5.73 Å². The molecule has 3 nitrogen and oxygen atoms in total. The van der Waals surface area contributed by atoms with Gasteiger partial charge >= 0.3 is 0 Å². The number of aliphatic hydroxyl groups excluding tert-OH is 2. The normalized spacial score (nSPS) is 19.9. The Kier molecular flexibility index (Phi) is 2.78. The monoisotopic (exact) mass is 207 g/mol. The van der Waals surface area contributed by atoms with Gasteiger partial charge in [0.1, 0.15) is 0 Å². The number of benzene rings is 1. The molecule has 1 saturated carbocycles. The molecule has 2 rings (SSSR count). The Bertz CT molecular complexity index is 347. The van der Waals surface area contributed by atoms with Crippen molar-refractivity contribution in [2.45, 2.75) is 24.4 Å². The molecule has 0 heterocycles. The molecule has 0 spiro atoms. The van der Waals surface area contributed by atoms with Crippen molar-refractivity contribution in [1.29, 1.82) is 0 Å². The van der Waals surface area contributed by atoms with Crippen LogP contribution in [0.25, 0.3) is 0 Å². The van der Waals surface area contributed by atoms with E-state index in [1.807, 2.05) is 24.3 Å². The highest BCUT2D eigenvalue weighted by molar-refractivity contribution is 5.35. The third-order valence-corrected chi connectivity index (χ3v) is 3.26. The van der Waals surface area contributed by atoms with Crippen LogP contribution in [0, 0.1) is 0 Å². The van der Waals surface area contributed by atoms with Crippen LogP contribution in [0.2, 0.25) is 0 Å². The quantitative estimate of drug-likeness (QED) is 0.681. The predicted octanol–water partition coefficient (Wildman–Crippen LogP) is 0.703. The van der Waals surface area contributed by atoms with E-state index in [4.69, 9.17) is 5.73 Å². The lowest BCUT2D eigenvalue weighted by Crippen LogP contribution is -2.15. The lowest BCUT2D eigenvalue weighted by Gasteiger charge is -2.15. The van der Waals surface area contributed by atoms with Gasteiger partial charge < -0.3 is 15.9 Å². The molecular formula is C12H17NO2. The van der Waals surface area contributed by atoms with Gasteiger partial charge in [-0.3, -0.25) is 0 Å². The molecule has 0 radical (unpaired) electrons. The highest BCUT2D eigenvalue weighted by atomic mass is 16.3. The topological polar surface area (TPSA) is 66.5 Å². The molecule has 1 aromatic rings. The maximum atomic E-state index is 9.63. The highest BCUT2D eigenvalue weighted by Crippen LogP contribution is 2.47. The Hall–Kier alpha value is -0.900. The van der Waals surface area contributed by atoms with Crippen molar-refractivity contribution in [3.8, 4) is 0 Å². The minimum atomic E-state index is -0.598. The van der Waals surface area contributed by atoms with Crippen molar-refractivity contribution in [1.82, 2.24) is 0 Å². The lowest BCUT2D eigenvalue weighted by atomic mass is 9.94. The first kappa shape index (κ1) is 10.6. The molecular weight excluding hydrogens is 190 g/mol. The van der Waals surface area contributed by atoms with Gasteiger partial charge in [0.25, 0.3) is 0 Å². The summed E-state index contributed by atoms with van der Waals surface area (Å²) in [5.41, 5.74) is 7.34. The van der Waals surface area contributed by atoms with Gasteiger partial charge in [-0.25, -0.2) is 0 Å². The first-order valence-electron chi connectivity index (χ1n) is 5.31. The van der Waals surface area contributed by atoms with Crippen LogP contribution < -0.4 is 5.73 Å². The zero-order valence-corrected chi connectivity index (χ0v) is 8.69. The number of hydrogen-bond donors (Lipinski definition) is 3. The predicted molar refractivity (Wildman–Crippen MR) is 58.5 cm³/mol. The van der Waals surface area contributed by atoms with Crippen molar-refractivity contribution >= 4 is 0 Å². The Morgan fingerprint density at radius 3 is 2.67 bits per heavy atom. The fraction of sp³-hybridized carbons (Fsp3) is 0.500. The van der Waals surface area contributed by atoms with Gasteiger partial charge in [0, 0.05) is 12.0 Å². The van der Waals surface area contributed by atoms with Crippen LogP contribution >= 0.6 is 0 Å². The number of aliphatic hydroxyl groups is 2. The molecule has 1 atom stereocenters. The SMILES string of the molecule is NCC(O)c1cccc(C2(CO)CC2)c1. The van der Waals surface area contributed by atoms with E-state index in [0.29, 0.717) is 0 Å². The van der Waals surface area contributed by atoms with E-state index in [1.165, 1.54) is 0 Å². The molecule has 1 aliphatic rings. The largest absolute Gasteiger partial charge is 0.395 e. The van der Waals surface area contributed by atoms with Crippen molar-refractivity contribution in [2.75, 3.05) is 13.2 Å². The van der Waals surface area contributed by atoms with Gasteiger partial charge in [-0.05, 0) is 24.0 Å². The average Bonchev–Trinajstić information content (AvgIpc) is 3.09. The summed E-state index contributed by atoms with van der Waals surface area (Å²) >= 11 is 0. The molecule has 0 amide bonds. The van der Waals surface area contributed by atoms with E-state index >= 15 is 0 Å². The average molecular weight is 207 g/mol. The molecule has 15 heavy (non-hydrogen) atoms. The fourth-order valence-corrected chi connectivity index (χ4v) is 1.90. The van der Waals surface area contributed by atoms with Crippen LogP contribution in [0.1, 0.15) is 30.1 Å². The standard InChI is InChI=1S/C12H17NO2/c13-7-11(15)9-2-1-3-10(6-9)12(8-14)4-5-12/h1-3,6,11,14-15H,4-5,7-8,13H2. The Labute approximate surface area is 89.5 Å². The van der Waals surface area contributed by atoms with Crippen LogP contribution in [0.15, 0.2) is 24.3 Å². The molecule has 82 valence electrons. The van der Waals surface area contributed by atoms with Crippen molar-refractivity contribution in [3.05, 3.63) is 35.4 Å². The van der Waals surface area contributed by atoms with Crippen LogP contribution in [0.5, 0.6) is 0 Å². The summed E-state index contributed by atoms with van der Waals surface area (Å²) in [6, 6.07) is 7.75. The number of hydrogen-bond acceptors (Lipinski definition) is 3. The molecule has 0 saturated heterocycles. The van der Waals surface area contributed by atoms with Crippen LogP contribution in [-0.4, -0.2) is 23.4 Å². The Morgan fingerprint density at radius 2 is 2.13 bits per heavy atom. The molecule has 3 heteroatoms. The van der Waals surface area contributed by atoms with Gasteiger partial charge in [0.2, 0.25) is 0 Å². The van der Waals surface area contributed by atoms with Gasteiger partial charge in [-0.1, -0.05) is 24.3 Å². The second-order valence-electron chi connectivity index (χ2n) is 4.32. The van der Waals surface area contributed by atoms with E-state index in [0.717, 1.165) is 24.0 Å². The lowest BCUT2D eigenvalue weighted by molar-refractivity contribution is 0.186. The summed E-state index contributed by atoms with van der Waals surface area (Å²) in [6.45, 7) is 0.421. The summed E-state index contributed by atoms with van der Waals surface area (Å²) in [6.07, 6.45) is 1.47. The van der Waals surface area contributed by atoms with Gasteiger partial charge in [0.15, 0.2) is 0 Å². The molecule has 0 aromatic heterocycles. The Balaban J connectivity index is 2.27. The third-order valence-electron chi connectivity index (χ3n) is 3.26. The molecule has 1 aliphatic carbocycles. The molecule has 0 aliphatic heterocycles. The molecule has 1 unspecified atom stereocenters. The van der Waals surface area contributed by atoms with E-state index in [1.54, 1.807) is 0 Å². The minimum absolute atomic E-state index is 0.0374. The van der Waals surface area contributed by atoms with Crippen LogP contribution in [0.4, 0.5) is 0 Å². The van der Waals surface area contributed by atoms with E-state index in [2.05, 4.69) is 0 Å². The summed E-state index contributed by atoms with van der Waals surface area (Å²) < 4.78 is 0. The molecule has 1 aromatic carbocycles. The maximum absolute atomic E-state index is 9.63. The number of nitrogens with two attached hydrogens (primary N) is 1. The molecule has 0 bridgehead atoms. The van der Waals surface area contributed by atoms with E-state index in [-0.39, 0.29) is 18.6 Å². The third kappa shape index (κ3) is 1.91. The number of rotatable bonds is 4. The zero-order chi connectivity index (χ0) is 10.9. The maximum Gasteiger partial charge on any atom is 0.0912 e. The first-order chi connectivity index (χ1) is 7.22. The van der Waals surface area contributed by atoms with Gasteiger partial charge in [-0.15, -0.1) is 0 Å². The van der Waals surface area contributed by atoms with Gasteiger partial charge in [0.05, 0.1) is 12.7 Å². The van der Waals surface area contributed by atoms with Gasteiger partial charge in [-0.2, -0.15) is 0 Å². The highest BCUT2D eigenvalue weighted by Gasteiger charge is 2.43. The first-order valence-corrected chi connectivity index (χ1v) is 5.31. The van der Waals surface area contributed by atoms with Crippen LogP contribution in [0.3, 0.4) is 0 Å². The van der Waals surface area contributed by atoms with Crippen molar-refractivity contribution in [3.63, 3.8) is 0 Å². The second kappa shape index (κ2) is 3.93.